The predicted octanol–water partition coefficient (Wildman–Crippen LogP) is 2.51. The van der Waals surface area contributed by atoms with Crippen molar-refractivity contribution >= 4 is 11.9 Å². The fraction of sp³-hybridized carbons (Fsp3) is 0.875. The van der Waals surface area contributed by atoms with Crippen LogP contribution in [-0.4, -0.2) is 35.0 Å². The van der Waals surface area contributed by atoms with Crippen LogP contribution in [0.4, 0.5) is 0 Å². The standard InChI is InChI=1S/C16H25NO3/c1-11-7-5-6-10-17(11)12(18)16-9-8-15(4,13(19)20-16)14(16,2)3/h11H,5-10H2,1-4H3/t11-,15+,16-/m0/s1. The monoisotopic (exact) mass is 279 g/mol. The Morgan fingerprint density at radius 2 is 1.95 bits per heavy atom. The van der Waals surface area contributed by atoms with Crippen LogP contribution in [0.25, 0.3) is 0 Å². The molecule has 0 spiro atoms. The smallest absolute Gasteiger partial charge is 0.313 e. The van der Waals surface area contributed by atoms with Crippen LogP contribution in [0, 0.1) is 10.8 Å². The first kappa shape index (κ1) is 13.9. The number of fused-ring (bicyclic) bond motifs is 2. The third kappa shape index (κ3) is 1.38. The number of likely N-dealkylation sites (tertiary alicyclic amines) is 1. The molecule has 2 aliphatic heterocycles. The van der Waals surface area contributed by atoms with E-state index in [1.54, 1.807) is 0 Å². The van der Waals surface area contributed by atoms with Gasteiger partial charge in [-0.2, -0.15) is 0 Å². The Morgan fingerprint density at radius 1 is 1.25 bits per heavy atom. The Morgan fingerprint density at radius 3 is 2.45 bits per heavy atom. The highest BCUT2D eigenvalue weighted by Crippen LogP contribution is 2.66. The van der Waals surface area contributed by atoms with Crippen molar-refractivity contribution < 1.29 is 14.3 Å². The van der Waals surface area contributed by atoms with E-state index in [-0.39, 0.29) is 17.9 Å². The molecule has 20 heavy (non-hydrogen) atoms. The number of piperidine rings is 1. The number of rotatable bonds is 1. The third-order valence-corrected chi connectivity index (χ3v) is 6.49. The molecule has 3 rings (SSSR count). The maximum atomic E-state index is 13.1. The Bertz CT molecular complexity index is 472. The number of ether oxygens (including phenoxy) is 1. The Labute approximate surface area is 120 Å². The van der Waals surface area contributed by atoms with Crippen molar-refractivity contribution in [3.63, 3.8) is 0 Å². The van der Waals surface area contributed by atoms with Crippen LogP contribution >= 0.6 is 0 Å². The van der Waals surface area contributed by atoms with Gasteiger partial charge in [-0.25, -0.2) is 0 Å². The fourth-order valence-corrected chi connectivity index (χ4v) is 4.35. The largest absolute Gasteiger partial charge is 0.448 e. The Hall–Kier alpha value is -1.06. The second-order valence-corrected chi connectivity index (χ2v) is 7.52. The second kappa shape index (κ2) is 3.99. The van der Waals surface area contributed by atoms with E-state index < -0.39 is 16.4 Å². The van der Waals surface area contributed by atoms with Crippen LogP contribution in [0.1, 0.15) is 59.8 Å². The zero-order valence-corrected chi connectivity index (χ0v) is 13.0. The maximum absolute atomic E-state index is 13.1. The van der Waals surface area contributed by atoms with E-state index in [1.165, 1.54) is 6.42 Å². The lowest BCUT2D eigenvalue weighted by atomic mass is 9.66. The Kier molecular flexibility index (Phi) is 2.77. The van der Waals surface area contributed by atoms with Crippen molar-refractivity contribution in [3.8, 4) is 0 Å². The molecule has 3 aliphatic rings. The molecule has 0 aromatic heterocycles. The maximum Gasteiger partial charge on any atom is 0.313 e. The van der Waals surface area contributed by atoms with Crippen molar-refractivity contribution in [2.45, 2.75) is 71.4 Å². The number of nitrogens with zero attached hydrogens (tertiary/aromatic N) is 1. The molecule has 2 saturated heterocycles. The topological polar surface area (TPSA) is 46.6 Å². The molecule has 0 aromatic rings. The van der Waals surface area contributed by atoms with Gasteiger partial charge < -0.3 is 9.64 Å². The van der Waals surface area contributed by atoms with Crippen molar-refractivity contribution in [3.05, 3.63) is 0 Å². The summed E-state index contributed by atoms with van der Waals surface area (Å²) in [5, 5.41) is 0. The molecule has 112 valence electrons. The fourth-order valence-electron chi connectivity index (χ4n) is 4.35. The lowest BCUT2D eigenvalue weighted by Crippen LogP contribution is -2.57. The number of hydrogen-bond donors (Lipinski definition) is 0. The lowest BCUT2D eigenvalue weighted by molar-refractivity contribution is -0.176. The molecule has 2 heterocycles. The zero-order valence-electron chi connectivity index (χ0n) is 13.0. The minimum atomic E-state index is -0.926. The molecule has 0 unspecified atom stereocenters. The van der Waals surface area contributed by atoms with Crippen LogP contribution in [0.2, 0.25) is 0 Å². The highest BCUT2D eigenvalue weighted by atomic mass is 16.6. The number of carbonyl (C=O) groups excluding carboxylic acids is 2. The van der Waals surface area contributed by atoms with E-state index in [4.69, 9.17) is 4.74 Å². The normalized spacial score (nSPS) is 42.7. The van der Waals surface area contributed by atoms with E-state index in [0.29, 0.717) is 6.42 Å². The average Bonchev–Trinajstić information content (AvgIpc) is 2.69. The molecule has 0 aromatic carbocycles. The molecule has 2 bridgehead atoms. The van der Waals surface area contributed by atoms with Crippen molar-refractivity contribution in [2.24, 2.45) is 10.8 Å². The van der Waals surface area contributed by atoms with Crippen molar-refractivity contribution in [1.29, 1.82) is 0 Å². The number of hydrogen-bond acceptors (Lipinski definition) is 3. The van der Waals surface area contributed by atoms with Gasteiger partial charge in [0.05, 0.1) is 5.41 Å². The van der Waals surface area contributed by atoms with Gasteiger partial charge in [-0.15, -0.1) is 0 Å². The van der Waals surface area contributed by atoms with Crippen LogP contribution in [0.3, 0.4) is 0 Å². The summed E-state index contributed by atoms with van der Waals surface area (Å²) in [7, 11) is 0. The molecule has 3 fully saturated rings. The molecule has 1 amide bonds. The molecular formula is C16H25NO3. The summed E-state index contributed by atoms with van der Waals surface area (Å²) < 4.78 is 5.70. The summed E-state index contributed by atoms with van der Waals surface area (Å²) in [5.74, 6) is -0.143. The molecule has 1 aliphatic carbocycles. The number of esters is 1. The first-order chi connectivity index (χ1) is 9.26. The average molecular weight is 279 g/mol. The zero-order chi connectivity index (χ0) is 14.8. The first-order valence-corrected chi connectivity index (χ1v) is 7.81. The van der Waals surface area contributed by atoms with E-state index in [9.17, 15) is 9.59 Å². The second-order valence-electron chi connectivity index (χ2n) is 7.52. The van der Waals surface area contributed by atoms with Crippen LogP contribution < -0.4 is 0 Å². The van der Waals surface area contributed by atoms with Gasteiger partial charge >= 0.3 is 5.97 Å². The van der Waals surface area contributed by atoms with Gasteiger partial charge in [0.25, 0.3) is 5.91 Å². The van der Waals surface area contributed by atoms with E-state index in [0.717, 1.165) is 25.8 Å². The van der Waals surface area contributed by atoms with Gasteiger partial charge in [0.15, 0.2) is 5.60 Å². The Balaban J connectivity index is 1.97. The van der Waals surface area contributed by atoms with Crippen LogP contribution in [0.5, 0.6) is 0 Å². The molecular weight excluding hydrogens is 254 g/mol. The molecule has 4 heteroatoms. The van der Waals surface area contributed by atoms with Gasteiger partial charge in [0, 0.05) is 18.0 Å². The van der Waals surface area contributed by atoms with Crippen molar-refractivity contribution in [1.82, 2.24) is 4.90 Å². The molecule has 3 atom stereocenters. The highest BCUT2D eigenvalue weighted by molar-refractivity contribution is 5.96. The summed E-state index contributed by atoms with van der Waals surface area (Å²) in [6.45, 7) is 8.91. The van der Waals surface area contributed by atoms with E-state index in [2.05, 4.69) is 6.92 Å². The highest BCUT2D eigenvalue weighted by Gasteiger charge is 2.76. The van der Waals surface area contributed by atoms with Gasteiger partial charge in [0.2, 0.25) is 0 Å². The summed E-state index contributed by atoms with van der Waals surface area (Å²) in [5.41, 5.74) is -1.86. The summed E-state index contributed by atoms with van der Waals surface area (Å²) in [6.07, 6.45) is 4.71. The quantitative estimate of drug-likeness (QED) is 0.693. The van der Waals surface area contributed by atoms with Gasteiger partial charge in [-0.05, 0) is 46.0 Å². The lowest BCUT2D eigenvalue weighted by Gasteiger charge is -2.42. The third-order valence-electron chi connectivity index (χ3n) is 6.49. The number of amides is 1. The summed E-state index contributed by atoms with van der Waals surface area (Å²) in [4.78, 5) is 27.4. The number of carbonyl (C=O) groups is 2. The molecule has 4 nitrogen and oxygen atoms in total. The van der Waals surface area contributed by atoms with Gasteiger partial charge in [0.1, 0.15) is 0 Å². The minimum absolute atomic E-state index is 0.0456. The van der Waals surface area contributed by atoms with Crippen LogP contribution in [0.15, 0.2) is 0 Å². The van der Waals surface area contributed by atoms with E-state index >= 15 is 0 Å². The van der Waals surface area contributed by atoms with Crippen LogP contribution in [-0.2, 0) is 14.3 Å². The molecule has 0 radical (unpaired) electrons. The predicted molar refractivity (Wildman–Crippen MR) is 75.0 cm³/mol. The van der Waals surface area contributed by atoms with E-state index in [1.807, 2.05) is 25.7 Å². The minimum Gasteiger partial charge on any atom is -0.448 e. The van der Waals surface area contributed by atoms with Gasteiger partial charge in [-0.3, -0.25) is 9.59 Å². The molecule has 0 N–H and O–H groups in total. The SMILES string of the molecule is C[C@H]1CCCCN1C(=O)[C@]12CC[C@](C)(C(=O)O1)C2(C)C. The van der Waals surface area contributed by atoms with Gasteiger partial charge in [-0.1, -0.05) is 13.8 Å². The summed E-state index contributed by atoms with van der Waals surface area (Å²) in [6, 6.07) is 0.257. The molecule has 1 saturated carbocycles. The first-order valence-electron chi connectivity index (χ1n) is 7.81. The summed E-state index contributed by atoms with van der Waals surface area (Å²) >= 11 is 0. The van der Waals surface area contributed by atoms with Crippen molar-refractivity contribution in [2.75, 3.05) is 6.54 Å².